The molecule has 10 heteroatoms. The number of thioether (sulfide) groups is 1. The van der Waals surface area contributed by atoms with Crippen LogP contribution < -0.4 is 14.8 Å². The number of rotatable bonds is 8. The number of carbonyl (C=O) groups excluding carboxylic acids is 3. The summed E-state index contributed by atoms with van der Waals surface area (Å²) in [6.45, 7) is 4.87. The molecule has 1 saturated heterocycles. The number of carbonyl (C=O) groups is 4. The van der Waals surface area contributed by atoms with E-state index in [1.807, 2.05) is 26.0 Å². The molecule has 0 spiro atoms. The van der Waals surface area contributed by atoms with Crippen LogP contribution in [0.2, 0.25) is 0 Å². The Labute approximate surface area is 200 Å². The highest BCUT2D eigenvalue weighted by atomic mass is 32.2. The van der Waals surface area contributed by atoms with Gasteiger partial charge < -0.3 is 19.9 Å². The van der Waals surface area contributed by atoms with E-state index in [9.17, 15) is 19.2 Å². The first-order valence-electron chi connectivity index (χ1n) is 10.3. The minimum absolute atomic E-state index is 0.151. The molecule has 0 radical (unpaired) electrons. The molecule has 0 unspecified atom stereocenters. The van der Waals surface area contributed by atoms with Crippen LogP contribution in [0.1, 0.15) is 23.6 Å². The highest BCUT2D eigenvalue weighted by Crippen LogP contribution is 2.34. The first-order valence-corrected chi connectivity index (χ1v) is 11.1. The number of aryl methyl sites for hydroxylation is 2. The van der Waals surface area contributed by atoms with Gasteiger partial charge in [-0.3, -0.25) is 19.3 Å². The molecule has 2 N–H and O–H groups in total. The van der Waals surface area contributed by atoms with Gasteiger partial charge in [0, 0.05) is 5.69 Å². The summed E-state index contributed by atoms with van der Waals surface area (Å²) in [7, 11) is 1.40. The van der Waals surface area contributed by atoms with Crippen LogP contribution in [0.5, 0.6) is 11.5 Å². The Morgan fingerprint density at radius 3 is 2.50 bits per heavy atom. The van der Waals surface area contributed by atoms with E-state index in [1.54, 1.807) is 18.2 Å². The zero-order valence-electron chi connectivity index (χ0n) is 19.1. The summed E-state index contributed by atoms with van der Waals surface area (Å²) in [6, 6.07) is 10.1. The Hall–Kier alpha value is -3.79. The van der Waals surface area contributed by atoms with Gasteiger partial charge in [0.05, 0.1) is 12.0 Å². The van der Waals surface area contributed by atoms with Crippen LogP contribution in [0.4, 0.5) is 10.5 Å². The van der Waals surface area contributed by atoms with E-state index >= 15 is 0 Å². The van der Waals surface area contributed by atoms with E-state index in [1.165, 1.54) is 26.2 Å². The van der Waals surface area contributed by atoms with Crippen molar-refractivity contribution in [2.45, 2.75) is 26.9 Å². The summed E-state index contributed by atoms with van der Waals surface area (Å²) in [6.07, 6.45) is 0.421. The summed E-state index contributed by atoms with van der Waals surface area (Å²) < 4.78 is 10.6. The molecule has 1 heterocycles. The Morgan fingerprint density at radius 1 is 1.12 bits per heavy atom. The third-order valence-corrected chi connectivity index (χ3v) is 6.01. The SMILES string of the molecule is COc1cc(/C=C2\SC(=O)N(CC(=O)Nc3ccc(C)c(C)c3)C2=O)ccc1O[C@H](C)C(=O)O. The Bertz CT molecular complexity index is 1190. The van der Waals surface area contributed by atoms with Gasteiger partial charge in [-0.2, -0.15) is 0 Å². The number of carboxylic acid groups (broad SMARTS) is 1. The molecule has 0 aromatic heterocycles. The molecule has 9 nitrogen and oxygen atoms in total. The molecule has 3 amide bonds. The van der Waals surface area contributed by atoms with Crippen molar-refractivity contribution in [2.24, 2.45) is 0 Å². The normalized spacial score (nSPS) is 15.4. The van der Waals surface area contributed by atoms with Crippen LogP contribution >= 0.6 is 11.8 Å². The first kappa shape index (κ1) is 24.8. The van der Waals surface area contributed by atoms with E-state index in [4.69, 9.17) is 14.6 Å². The van der Waals surface area contributed by atoms with E-state index in [0.717, 1.165) is 27.8 Å². The predicted octanol–water partition coefficient (Wildman–Crippen LogP) is 3.84. The largest absolute Gasteiger partial charge is 0.493 e. The molecule has 1 fully saturated rings. The smallest absolute Gasteiger partial charge is 0.344 e. The number of ether oxygens (including phenoxy) is 2. The van der Waals surface area contributed by atoms with Crippen molar-refractivity contribution >= 4 is 46.5 Å². The lowest BCUT2D eigenvalue weighted by Crippen LogP contribution is -2.36. The standard InChI is InChI=1S/C24H24N2O7S/c1-13-5-7-17(9-14(13)2)25-21(27)12-26-22(28)20(34-24(26)31)11-16-6-8-18(19(10-16)32-4)33-15(3)23(29)30/h5-11,15H,12H2,1-4H3,(H,25,27)(H,29,30)/b20-11-/t15-/m1/s1. The summed E-state index contributed by atoms with van der Waals surface area (Å²) in [5.41, 5.74) is 3.22. The number of anilines is 1. The van der Waals surface area contributed by atoms with Gasteiger partial charge in [0.15, 0.2) is 17.6 Å². The number of nitrogens with zero attached hydrogens (tertiary/aromatic N) is 1. The van der Waals surface area contributed by atoms with E-state index in [-0.39, 0.29) is 16.4 Å². The van der Waals surface area contributed by atoms with Gasteiger partial charge in [0.2, 0.25) is 5.91 Å². The lowest BCUT2D eigenvalue weighted by Gasteiger charge is -2.14. The molecular weight excluding hydrogens is 460 g/mol. The van der Waals surface area contributed by atoms with Crippen molar-refractivity contribution < 1.29 is 33.8 Å². The van der Waals surface area contributed by atoms with Crippen LogP contribution in [-0.2, 0) is 14.4 Å². The second kappa shape index (κ2) is 10.4. The zero-order chi connectivity index (χ0) is 25.0. The van der Waals surface area contributed by atoms with Gasteiger partial charge in [-0.1, -0.05) is 12.1 Å². The molecule has 2 aromatic rings. The lowest BCUT2D eigenvalue weighted by molar-refractivity contribution is -0.144. The molecule has 0 aliphatic carbocycles. The van der Waals surface area contributed by atoms with E-state index in [0.29, 0.717) is 11.3 Å². The second-order valence-electron chi connectivity index (χ2n) is 7.62. The van der Waals surface area contributed by atoms with Crippen molar-refractivity contribution in [3.8, 4) is 11.5 Å². The molecule has 0 bridgehead atoms. The minimum atomic E-state index is -1.12. The number of nitrogens with one attached hydrogen (secondary N) is 1. The number of carboxylic acids is 1. The highest BCUT2D eigenvalue weighted by molar-refractivity contribution is 8.18. The predicted molar refractivity (Wildman–Crippen MR) is 128 cm³/mol. The Kier molecular flexibility index (Phi) is 7.62. The van der Waals surface area contributed by atoms with Crippen LogP contribution in [0.15, 0.2) is 41.3 Å². The summed E-state index contributed by atoms with van der Waals surface area (Å²) in [4.78, 5) is 49.6. The van der Waals surface area contributed by atoms with E-state index < -0.39 is 35.7 Å². The quantitative estimate of drug-likeness (QED) is 0.542. The number of amides is 3. The van der Waals surface area contributed by atoms with Crippen molar-refractivity contribution in [2.75, 3.05) is 19.0 Å². The maximum atomic E-state index is 12.8. The van der Waals surface area contributed by atoms with Gasteiger partial charge in [0.25, 0.3) is 11.1 Å². The first-order chi connectivity index (χ1) is 16.1. The van der Waals surface area contributed by atoms with Crippen molar-refractivity contribution in [3.05, 3.63) is 58.0 Å². The maximum absolute atomic E-state index is 12.8. The topological polar surface area (TPSA) is 122 Å². The third kappa shape index (κ3) is 5.76. The fraction of sp³-hybridized carbons (Fsp3) is 0.250. The average Bonchev–Trinajstić information content (AvgIpc) is 3.04. The minimum Gasteiger partial charge on any atom is -0.493 e. The number of aliphatic carboxylic acids is 1. The average molecular weight is 485 g/mol. The second-order valence-corrected chi connectivity index (χ2v) is 8.62. The molecule has 34 heavy (non-hydrogen) atoms. The maximum Gasteiger partial charge on any atom is 0.344 e. The summed E-state index contributed by atoms with van der Waals surface area (Å²) in [5, 5.41) is 11.2. The van der Waals surface area contributed by atoms with Crippen LogP contribution in [0, 0.1) is 13.8 Å². The van der Waals surface area contributed by atoms with Crippen LogP contribution in [0.25, 0.3) is 6.08 Å². The Morgan fingerprint density at radius 2 is 1.85 bits per heavy atom. The van der Waals surface area contributed by atoms with Crippen LogP contribution in [0.3, 0.4) is 0 Å². The molecule has 0 saturated carbocycles. The number of imide groups is 1. The van der Waals surface area contributed by atoms with Gasteiger partial charge in [-0.05, 0) is 79.6 Å². The van der Waals surface area contributed by atoms with Crippen molar-refractivity contribution in [1.82, 2.24) is 4.90 Å². The zero-order valence-corrected chi connectivity index (χ0v) is 19.9. The Balaban J connectivity index is 1.71. The molecular formula is C24H24N2O7S. The molecule has 1 aliphatic rings. The van der Waals surface area contributed by atoms with Gasteiger partial charge in [0.1, 0.15) is 6.54 Å². The van der Waals surface area contributed by atoms with Gasteiger partial charge >= 0.3 is 5.97 Å². The van der Waals surface area contributed by atoms with Crippen molar-refractivity contribution in [1.29, 1.82) is 0 Å². The van der Waals surface area contributed by atoms with Gasteiger partial charge in [-0.15, -0.1) is 0 Å². The highest BCUT2D eigenvalue weighted by Gasteiger charge is 2.36. The summed E-state index contributed by atoms with van der Waals surface area (Å²) >= 11 is 0.730. The fourth-order valence-corrected chi connectivity index (χ4v) is 3.90. The monoisotopic (exact) mass is 484 g/mol. The molecule has 1 aliphatic heterocycles. The third-order valence-electron chi connectivity index (χ3n) is 5.10. The fourth-order valence-electron chi connectivity index (χ4n) is 3.06. The molecule has 3 rings (SSSR count). The number of hydrogen-bond donors (Lipinski definition) is 2. The van der Waals surface area contributed by atoms with Crippen LogP contribution in [-0.4, -0.2) is 52.8 Å². The van der Waals surface area contributed by atoms with Crippen molar-refractivity contribution in [3.63, 3.8) is 0 Å². The molecule has 1 atom stereocenters. The number of methoxy groups -OCH3 is 1. The molecule has 2 aromatic carbocycles. The van der Waals surface area contributed by atoms with Gasteiger partial charge in [-0.25, -0.2) is 4.79 Å². The molecule has 178 valence electrons. The lowest BCUT2D eigenvalue weighted by atomic mass is 10.1. The van der Waals surface area contributed by atoms with E-state index in [2.05, 4.69) is 5.32 Å². The number of hydrogen-bond acceptors (Lipinski definition) is 7. The summed E-state index contributed by atoms with van der Waals surface area (Å²) in [5.74, 6) is -1.69. The number of benzene rings is 2.